The van der Waals surface area contributed by atoms with Crippen LogP contribution in [0.15, 0.2) is 18.2 Å². The topological polar surface area (TPSA) is 38.5 Å². The summed E-state index contributed by atoms with van der Waals surface area (Å²) in [6.07, 6.45) is -0.130. The molecule has 2 rings (SSSR count). The summed E-state index contributed by atoms with van der Waals surface area (Å²) in [7, 11) is 0. The Bertz CT molecular complexity index is 411. The molecule has 4 heteroatoms. The molecule has 0 aromatic heterocycles. The molecule has 1 aromatic carbocycles. The number of ether oxygens (including phenoxy) is 1. The maximum Gasteiger partial charge on any atom is 0.128 e. The quantitative estimate of drug-likeness (QED) is 0.892. The zero-order valence-electron chi connectivity index (χ0n) is 11.0. The van der Waals surface area contributed by atoms with Gasteiger partial charge in [0.25, 0.3) is 0 Å². The molecule has 0 saturated carbocycles. The first kappa shape index (κ1) is 13.5. The molecule has 1 aliphatic heterocycles. The van der Waals surface area contributed by atoms with Crippen LogP contribution in [0.5, 0.6) is 0 Å². The zero-order chi connectivity index (χ0) is 13.1. The number of likely N-dealkylation sites (N-methyl/N-ethyl adjacent to an activating group) is 1. The second-order valence-corrected chi connectivity index (χ2v) is 4.85. The lowest BCUT2D eigenvalue weighted by Gasteiger charge is -2.35. The molecule has 100 valence electrons. The molecule has 0 spiro atoms. The highest BCUT2D eigenvalue weighted by atomic mass is 19.1. The highest BCUT2D eigenvalue weighted by Crippen LogP contribution is 2.23. The smallest absolute Gasteiger partial charge is 0.128 e. The van der Waals surface area contributed by atoms with Crippen molar-refractivity contribution in [3.63, 3.8) is 0 Å². The van der Waals surface area contributed by atoms with E-state index in [9.17, 15) is 4.39 Å². The second kappa shape index (κ2) is 5.78. The van der Waals surface area contributed by atoms with Gasteiger partial charge in [0.15, 0.2) is 0 Å². The Morgan fingerprint density at radius 1 is 1.56 bits per heavy atom. The number of nitrogens with zero attached hydrogens (tertiary/aromatic N) is 1. The monoisotopic (exact) mass is 252 g/mol. The molecule has 1 saturated heterocycles. The van der Waals surface area contributed by atoms with E-state index in [-0.39, 0.29) is 11.9 Å². The fourth-order valence-corrected chi connectivity index (χ4v) is 2.35. The van der Waals surface area contributed by atoms with Crippen molar-refractivity contribution in [3.05, 3.63) is 35.1 Å². The van der Waals surface area contributed by atoms with Crippen LogP contribution < -0.4 is 5.73 Å². The van der Waals surface area contributed by atoms with Crippen LogP contribution in [-0.4, -0.2) is 37.2 Å². The van der Waals surface area contributed by atoms with Gasteiger partial charge in [0, 0.05) is 18.7 Å². The average molecular weight is 252 g/mol. The van der Waals surface area contributed by atoms with Gasteiger partial charge in [-0.1, -0.05) is 24.6 Å². The van der Waals surface area contributed by atoms with Crippen LogP contribution in [0.4, 0.5) is 4.39 Å². The van der Waals surface area contributed by atoms with E-state index < -0.39 is 6.04 Å². The average Bonchev–Trinajstić information content (AvgIpc) is 2.41. The largest absolute Gasteiger partial charge is 0.374 e. The van der Waals surface area contributed by atoms with Crippen molar-refractivity contribution >= 4 is 0 Å². The first-order valence-corrected chi connectivity index (χ1v) is 6.47. The molecular weight excluding hydrogens is 231 g/mol. The van der Waals surface area contributed by atoms with Crippen LogP contribution in [0.2, 0.25) is 0 Å². The summed E-state index contributed by atoms with van der Waals surface area (Å²) in [6, 6.07) is 4.64. The lowest BCUT2D eigenvalue weighted by atomic mass is 9.98. The maximum atomic E-state index is 13.8. The highest BCUT2D eigenvalue weighted by Gasteiger charge is 2.27. The number of halogens is 1. The van der Waals surface area contributed by atoms with Crippen molar-refractivity contribution in [3.8, 4) is 0 Å². The number of aryl methyl sites for hydroxylation is 1. The van der Waals surface area contributed by atoms with Gasteiger partial charge in [-0.25, -0.2) is 4.39 Å². The normalized spacial score (nSPS) is 23.0. The number of rotatable bonds is 3. The Kier molecular flexibility index (Phi) is 4.32. The van der Waals surface area contributed by atoms with E-state index >= 15 is 0 Å². The molecule has 1 aromatic rings. The van der Waals surface area contributed by atoms with E-state index in [0.29, 0.717) is 12.2 Å². The van der Waals surface area contributed by atoms with E-state index in [1.807, 2.05) is 13.0 Å². The maximum absolute atomic E-state index is 13.8. The molecule has 0 radical (unpaired) electrons. The van der Waals surface area contributed by atoms with Crippen LogP contribution in [-0.2, 0) is 4.74 Å². The minimum Gasteiger partial charge on any atom is -0.374 e. The Labute approximate surface area is 108 Å². The van der Waals surface area contributed by atoms with Crippen molar-refractivity contribution in [2.45, 2.75) is 26.0 Å². The molecule has 2 unspecified atom stereocenters. The van der Waals surface area contributed by atoms with E-state index in [1.165, 1.54) is 6.07 Å². The van der Waals surface area contributed by atoms with Crippen molar-refractivity contribution in [2.24, 2.45) is 5.73 Å². The molecule has 1 aliphatic rings. The number of hydrogen-bond acceptors (Lipinski definition) is 3. The molecular formula is C14H21FN2O. The minimum absolute atomic E-state index is 0.130. The third-order valence-corrected chi connectivity index (χ3v) is 3.54. The van der Waals surface area contributed by atoms with Crippen LogP contribution in [0, 0.1) is 12.7 Å². The van der Waals surface area contributed by atoms with Gasteiger partial charge in [-0.15, -0.1) is 0 Å². The van der Waals surface area contributed by atoms with Gasteiger partial charge < -0.3 is 10.5 Å². The predicted molar refractivity (Wildman–Crippen MR) is 69.9 cm³/mol. The molecule has 2 N–H and O–H groups in total. The predicted octanol–water partition coefficient (Wildman–Crippen LogP) is 1.85. The Morgan fingerprint density at radius 2 is 2.33 bits per heavy atom. The lowest BCUT2D eigenvalue weighted by Crippen LogP contribution is -2.47. The van der Waals surface area contributed by atoms with Crippen molar-refractivity contribution in [2.75, 3.05) is 26.2 Å². The van der Waals surface area contributed by atoms with E-state index in [0.717, 1.165) is 25.2 Å². The van der Waals surface area contributed by atoms with Crippen LogP contribution in [0.25, 0.3) is 0 Å². The van der Waals surface area contributed by atoms with Crippen molar-refractivity contribution in [1.82, 2.24) is 4.90 Å². The molecule has 0 bridgehead atoms. The fraction of sp³-hybridized carbons (Fsp3) is 0.571. The zero-order valence-corrected chi connectivity index (χ0v) is 11.0. The van der Waals surface area contributed by atoms with E-state index in [4.69, 9.17) is 10.5 Å². The summed E-state index contributed by atoms with van der Waals surface area (Å²) in [5.74, 6) is -0.245. The van der Waals surface area contributed by atoms with Crippen LogP contribution in [0.3, 0.4) is 0 Å². The summed E-state index contributed by atoms with van der Waals surface area (Å²) in [4.78, 5) is 2.28. The van der Waals surface area contributed by atoms with Crippen molar-refractivity contribution in [1.29, 1.82) is 0 Å². The van der Waals surface area contributed by atoms with Gasteiger partial charge in [-0.05, 0) is 19.5 Å². The van der Waals surface area contributed by atoms with E-state index in [2.05, 4.69) is 11.8 Å². The van der Waals surface area contributed by atoms with E-state index in [1.54, 1.807) is 6.07 Å². The van der Waals surface area contributed by atoms with Gasteiger partial charge in [-0.3, -0.25) is 4.90 Å². The van der Waals surface area contributed by atoms with Gasteiger partial charge in [0.1, 0.15) is 5.82 Å². The number of nitrogens with two attached hydrogens (primary N) is 1. The number of morpholine rings is 1. The third-order valence-electron chi connectivity index (χ3n) is 3.54. The fourth-order valence-electron chi connectivity index (χ4n) is 2.35. The molecule has 0 amide bonds. The number of benzene rings is 1. The summed E-state index contributed by atoms with van der Waals surface area (Å²) in [6.45, 7) is 7.39. The lowest BCUT2D eigenvalue weighted by molar-refractivity contribution is -0.0397. The summed E-state index contributed by atoms with van der Waals surface area (Å²) >= 11 is 0. The molecule has 0 aliphatic carbocycles. The third kappa shape index (κ3) is 2.88. The first-order chi connectivity index (χ1) is 8.61. The molecule has 1 heterocycles. The minimum atomic E-state index is -0.403. The SMILES string of the molecule is CCN1CCOC(C(N)c2cc(C)ccc2F)C1. The molecule has 18 heavy (non-hydrogen) atoms. The van der Waals surface area contributed by atoms with Gasteiger partial charge in [-0.2, -0.15) is 0 Å². The Balaban J connectivity index is 2.14. The summed E-state index contributed by atoms with van der Waals surface area (Å²) in [5, 5.41) is 0. The van der Waals surface area contributed by atoms with Gasteiger partial charge in [0.05, 0.1) is 18.8 Å². The Hall–Kier alpha value is -0.970. The summed E-state index contributed by atoms with van der Waals surface area (Å²) in [5.41, 5.74) is 7.74. The number of hydrogen-bond donors (Lipinski definition) is 1. The van der Waals surface area contributed by atoms with Gasteiger partial charge in [0.2, 0.25) is 0 Å². The summed E-state index contributed by atoms with van der Waals surface area (Å²) < 4.78 is 19.5. The first-order valence-electron chi connectivity index (χ1n) is 6.47. The molecule has 1 fully saturated rings. The van der Waals surface area contributed by atoms with Crippen LogP contribution >= 0.6 is 0 Å². The van der Waals surface area contributed by atoms with Gasteiger partial charge >= 0.3 is 0 Å². The van der Waals surface area contributed by atoms with Crippen molar-refractivity contribution < 1.29 is 9.13 Å². The second-order valence-electron chi connectivity index (χ2n) is 4.85. The highest BCUT2D eigenvalue weighted by molar-refractivity contribution is 5.27. The Morgan fingerprint density at radius 3 is 3.06 bits per heavy atom. The molecule has 2 atom stereocenters. The standard InChI is InChI=1S/C14H21FN2O/c1-3-17-6-7-18-13(9-17)14(16)11-8-10(2)4-5-12(11)15/h4-5,8,13-14H,3,6-7,9,16H2,1-2H3. The molecule has 3 nitrogen and oxygen atoms in total. The van der Waals surface area contributed by atoms with Crippen LogP contribution in [0.1, 0.15) is 24.1 Å².